The summed E-state index contributed by atoms with van der Waals surface area (Å²) in [6.07, 6.45) is 7.12. The van der Waals surface area contributed by atoms with Crippen molar-refractivity contribution in [1.82, 2.24) is 0 Å². The van der Waals surface area contributed by atoms with E-state index >= 15 is 0 Å². The first-order valence-corrected chi connectivity index (χ1v) is 5.91. The van der Waals surface area contributed by atoms with E-state index in [4.69, 9.17) is 18.6 Å². The van der Waals surface area contributed by atoms with Crippen molar-refractivity contribution in [2.24, 2.45) is 0 Å². The van der Waals surface area contributed by atoms with Crippen molar-refractivity contribution in [3.05, 3.63) is 0 Å². The Kier molecular flexibility index (Phi) is 4.28. The SMILES string of the molecule is C1CC[N+]2=C(C1)CCC2.[O-][Cl+3]([O-])([O-])[O-]. The van der Waals surface area contributed by atoms with Gasteiger partial charge in [-0.15, -0.1) is 10.2 Å². The van der Waals surface area contributed by atoms with Gasteiger partial charge < -0.3 is 0 Å². The van der Waals surface area contributed by atoms with E-state index < -0.39 is 10.2 Å². The summed E-state index contributed by atoms with van der Waals surface area (Å²) in [7, 11) is -4.94. The monoisotopic (exact) mass is 223 g/mol. The summed E-state index contributed by atoms with van der Waals surface area (Å²) >= 11 is 0. The Balaban J connectivity index is 0.000000171. The summed E-state index contributed by atoms with van der Waals surface area (Å²) in [6, 6.07) is 0. The van der Waals surface area contributed by atoms with Crippen LogP contribution in [0.4, 0.5) is 0 Å². The highest BCUT2D eigenvalue weighted by Crippen LogP contribution is 2.15. The van der Waals surface area contributed by atoms with Crippen molar-refractivity contribution in [2.45, 2.75) is 32.1 Å². The zero-order valence-electron chi connectivity index (χ0n) is 7.91. The van der Waals surface area contributed by atoms with Crippen molar-refractivity contribution in [2.75, 3.05) is 13.1 Å². The van der Waals surface area contributed by atoms with Gasteiger partial charge in [-0.1, -0.05) is 0 Å². The lowest BCUT2D eigenvalue weighted by molar-refractivity contribution is -2.00. The maximum Gasteiger partial charge on any atom is 0.152 e. The van der Waals surface area contributed by atoms with Crippen molar-refractivity contribution < 1.29 is 33.5 Å². The van der Waals surface area contributed by atoms with Crippen LogP contribution in [0, 0.1) is 10.2 Å². The molecule has 0 aromatic carbocycles. The van der Waals surface area contributed by atoms with E-state index in [1.807, 2.05) is 0 Å². The Bertz CT molecular complexity index is 202. The molecular formula is C8H14ClNO4. The average molecular weight is 224 g/mol. The summed E-state index contributed by atoms with van der Waals surface area (Å²) in [5, 5.41) is 0. The Morgan fingerprint density at radius 1 is 0.857 bits per heavy atom. The number of hydrogen-bond acceptors (Lipinski definition) is 4. The normalized spacial score (nSPS) is 21.4. The second-order valence-electron chi connectivity index (χ2n) is 3.49. The highest BCUT2D eigenvalue weighted by atomic mass is 35.7. The molecule has 0 spiro atoms. The van der Waals surface area contributed by atoms with Crippen LogP contribution in [-0.4, -0.2) is 23.4 Å². The third-order valence-electron chi connectivity index (χ3n) is 2.48. The average Bonchev–Trinajstić information content (AvgIpc) is 2.47. The van der Waals surface area contributed by atoms with Gasteiger partial charge in [-0.3, -0.25) is 0 Å². The van der Waals surface area contributed by atoms with Gasteiger partial charge in [0.1, 0.15) is 13.1 Å². The van der Waals surface area contributed by atoms with Crippen LogP contribution in [0.15, 0.2) is 0 Å². The van der Waals surface area contributed by atoms with E-state index in [1.54, 1.807) is 5.71 Å². The van der Waals surface area contributed by atoms with Crippen LogP contribution in [-0.2, 0) is 0 Å². The van der Waals surface area contributed by atoms with Crippen LogP contribution in [0.25, 0.3) is 0 Å². The van der Waals surface area contributed by atoms with Gasteiger partial charge in [-0.05, 0) is 6.42 Å². The molecule has 0 N–H and O–H groups in total. The molecule has 0 amide bonds. The third kappa shape index (κ3) is 4.88. The van der Waals surface area contributed by atoms with E-state index in [0.717, 1.165) is 0 Å². The minimum atomic E-state index is -4.94. The van der Waals surface area contributed by atoms with E-state index in [1.165, 1.54) is 45.2 Å². The molecule has 0 saturated carbocycles. The first-order chi connectivity index (χ1) is 6.47. The molecule has 6 heteroatoms. The number of rotatable bonds is 0. The van der Waals surface area contributed by atoms with Gasteiger partial charge in [0, 0.05) is 25.7 Å². The Morgan fingerprint density at radius 2 is 1.36 bits per heavy atom. The van der Waals surface area contributed by atoms with Crippen LogP contribution in [0.2, 0.25) is 0 Å². The maximum absolute atomic E-state index is 8.49. The van der Waals surface area contributed by atoms with E-state index in [2.05, 4.69) is 4.58 Å². The zero-order valence-corrected chi connectivity index (χ0v) is 8.66. The first-order valence-electron chi connectivity index (χ1n) is 4.68. The number of nitrogens with zero attached hydrogens (tertiary/aromatic N) is 1. The Labute approximate surface area is 85.0 Å². The molecule has 0 atom stereocenters. The number of hydrogen-bond donors (Lipinski definition) is 0. The summed E-state index contributed by atoms with van der Waals surface area (Å²) < 4.78 is 36.6. The molecule has 0 unspecified atom stereocenters. The molecule has 0 bridgehead atoms. The summed E-state index contributed by atoms with van der Waals surface area (Å²) in [4.78, 5) is 0. The molecule has 82 valence electrons. The summed E-state index contributed by atoms with van der Waals surface area (Å²) in [5.74, 6) is 0. The van der Waals surface area contributed by atoms with Gasteiger partial charge in [0.15, 0.2) is 5.71 Å². The zero-order chi connectivity index (χ0) is 10.6. The molecule has 0 aromatic rings. The molecule has 5 nitrogen and oxygen atoms in total. The predicted octanol–water partition coefficient (Wildman–Crippen LogP) is -3.34. The maximum atomic E-state index is 8.49. The largest absolute Gasteiger partial charge is 0.237 e. The lowest BCUT2D eigenvalue weighted by atomic mass is 10.1. The van der Waals surface area contributed by atoms with Crippen LogP contribution >= 0.6 is 0 Å². The molecule has 0 radical (unpaired) electrons. The quantitative estimate of drug-likeness (QED) is 0.401. The summed E-state index contributed by atoms with van der Waals surface area (Å²) in [5.41, 5.74) is 1.75. The topological polar surface area (TPSA) is 95.2 Å². The standard InChI is InChI=1S/C8H14N.ClHO4/c1-2-6-9-7-3-5-8(9)4-1;2-1(3,4)5/h1-7H2;(H,2,3,4,5)/q+1;/p-1. The highest BCUT2D eigenvalue weighted by molar-refractivity contribution is 5.80. The molecule has 14 heavy (non-hydrogen) atoms. The van der Waals surface area contributed by atoms with Crippen molar-refractivity contribution in [3.63, 3.8) is 0 Å². The van der Waals surface area contributed by atoms with Gasteiger partial charge >= 0.3 is 0 Å². The highest BCUT2D eigenvalue weighted by Gasteiger charge is 2.24. The molecule has 0 aliphatic carbocycles. The fourth-order valence-electron chi connectivity index (χ4n) is 1.97. The van der Waals surface area contributed by atoms with Crippen LogP contribution in [0.5, 0.6) is 0 Å². The van der Waals surface area contributed by atoms with Gasteiger partial charge in [0.05, 0.1) is 0 Å². The number of halogens is 1. The molecule has 0 fully saturated rings. The van der Waals surface area contributed by atoms with E-state index in [-0.39, 0.29) is 0 Å². The molecule has 2 aliphatic rings. The Morgan fingerprint density at radius 3 is 1.93 bits per heavy atom. The molecule has 0 aromatic heterocycles. The van der Waals surface area contributed by atoms with Crippen molar-refractivity contribution >= 4 is 5.71 Å². The lowest BCUT2D eigenvalue weighted by Gasteiger charge is -2.17. The fraction of sp³-hybridized carbons (Fsp3) is 0.875. The van der Waals surface area contributed by atoms with E-state index in [0.29, 0.717) is 0 Å². The van der Waals surface area contributed by atoms with Crippen molar-refractivity contribution in [3.8, 4) is 0 Å². The van der Waals surface area contributed by atoms with Gasteiger partial charge in [0.25, 0.3) is 0 Å². The lowest BCUT2D eigenvalue weighted by Crippen LogP contribution is -2.68. The molecular weight excluding hydrogens is 210 g/mol. The fourth-order valence-corrected chi connectivity index (χ4v) is 1.97. The van der Waals surface area contributed by atoms with Crippen LogP contribution in [0.1, 0.15) is 32.1 Å². The summed E-state index contributed by atoms with van der Waals surface area (Å²) in [6.45, 7) is 2.71. The smallest absolute Gasteiger partial charge is 0.152 e. The predicted molar refractivity (Wildman–Crippen MR) is 38.1 cm³/mol. The van der Waals surface area contributed by atoms with Gasteiger partial charge in [-0.2, -0.15) is 0 Å². The van der Waals surface area contributed by atoms with Crippen molar-refractivity contribution in [1.29, 1.82) is 0 Å². The minimum absolute atomic E-state index is 1.36. The van der Waals surface area contributed by atoms with E-state index in [9.17, 15) is 0 Å². The molecule has 2 rings (SSSR count). The molecule has 2 heterocycles. The van der Waals surface area contributed by atoms with Gasteiger partial charge in [0.2, 0.25) is 0 Å². The minimum Gasteiger partial charge on any atom is -0.237 e. The molecule has 0 saturated heterocycles. The van der Waals surface area contributed by atoms with Crippen LogP contribution in [0.3, 0.4) is 0 Å². The first kappa shape index (κ1) is 11.9. The second-order valence-corrected chi connectivity index (χ2v) is 4.25. The van der Waals surface area contributed by atoms with Gasteiger partial charge in [-0.25, -0.2) is 23.2 Å². The second kappa shape index (κ2) is 5.04. The third-order valence-corrected chi connectivity index (χ3v) is 2.48. The Hall–Kier alpha value is -0.200. The van der Waals surface area contributed by atoms with Crippen LogP contribution < -0.4 is 18.6 Å². The molecule has 2 aliphatic heterocycles.